The fourth-order valence-electron chi connectivity index (χ4n) is 2.42. The second-order valence-electron chi connectivity index (χ2n) is 4.33. The lowest BCUT2D eigenvalue weighted by molar-refractivity contribution is 0.0976. The smallest absolute Gasteiger partial charge is 0.198 e. The molecule has 0 bridgehead atoms. The Kier molecular flexibility index (Phi) is 2.35. The highest BCUT2D eigenvalue weighted by Crippen LogP contribution is 2.34. The summed E-state index contributed by atoms with van der Waals surface area (Å²) in [6, 6.07) is 9.56. The number of hydrogen-bond donors (Lipinski definition) is 1. The quantitative estimate of drug-likeness (QED) is 0.722. The largest absolute Gasteiger partial charge is 0.507 e. The van der Waals surface area contributed by atoms with Crippen molar-refractivity contribution in [2.24, 2.45) is 0 Å². The monoisotopic (exact) mass is 250 g/mol. The normalized spacial score (nSPS) is 12.8. The van der Waals surface area contributed by atoms with Crippen LogP contribution in [0.3, 0.4) is 0 Å². The molecule has 92 valence electrons. The third-order valence-corrected chi connectivity index (χ3v) is 3.30. The number of fused-ring (bicyclic) bond motifs is 2. The van der Waals surface area contributed by atoms with Crippen LogP contribution >= 0.6 is 0 Å². The summed E-state index contributed by atoms with van der Waals surface area (Å²) >= 11 is 0. The summed E-state index contributed by atoms with van der Waals surface area (Å²) in [7, 11) is 0. The molecule has 0 unspecified atom stereocenters. The molecule has 0 amide bonds. The SMILES string of the molecule is C=Cc1cccc2c1C(=O)c1cccc(O)c1C2=O. The number of phenolic OH excluding ortho intramolecular Hbond substituents is 1. The Morgan fingerprint density at radius 2 is 1.47 bits per heavy atom. The van der Waals surface area contributed by atoms with Crippen molar-refractivity contribution >= 4 is 17.6 Å². The molecule has 0 fully saturated rings. The summed E-state index contributed by atoms with van der Waals surface area (Å²) in [5, 5.41) is 9.80. The first-order valence-electron chi connectivity index (χ1n) is 5.82. The van der Waals surface area contributed by atoms with Crippen LogP contribution in [0.25, 0.3) is 6.08 Å². The molecule has 0 radical (unpaired) electrons. The zero-order valence-electron chi connectivity index (χ0n) is 10.0. The van der Waals surface area contributed by atoms with Gasteiger partial charge in [-0.1, -0.05) is 43.0 Å². The van der Waals surface area contributed by atoms with Gasteiger partial charge in [0.2, 0.25) is 0 Å². The molecule has 0 heterocycles. The Morgan fingerprint density at radius 3 is 2.16 bits per heavy atom. The third-order valence-electron chi connectivity index (χ3n) is 3.30. The number of carbonyl (C=O) groups is 2. The van der Waals surface area contributed by atoms with Gasteiger partial charge in [-0.05, 0) is 11.6 Å². The lowest BCUT2D eigenvalue weighted by Crippen LogP contribution is -2.22. The lowest BCUT2D eigenvalue weighted by atomic mass is 9.81. The van der Waals surface area contributed by atoms with Gasteiger partial charge in [-0.25, -0.2) is 0 Å². The van der Waals surface area contributed by atoms with Gasteiger partial charge in [0.15, 0.2) is 11.6 Å². The minimum atomic E-state index is -0.327. The first-order chi connectivity index (χ1) is 9.15. The molecule has 1 aliphatic carbocycles. The third kappa shape index (κ3) is 1.45. The van der Waals surface area contributed by atoms with Gasteiger partial charge in [-0.3, -0.25) is 9.59 Å². The first kappa shape index (κ1) is 11.4. The summed E-state index contributed by atoms with van der Waals surface area (Å²) in [4.78, 5) is 24.9. The predicted octanol–water partition coefficient (Wildman–Crippen LogP) is 2.81. The number of rotatable bonds is 1. The van der Waals surface area contributed by atoms with E-state index in [-0.39, 0.29) is 28.4 Å². The van der Waals surface area contributed by atoms with Gasteiger partial charge in [0.1, 0.15) is 5.75 Å². The Bertz CT molecular complexity index is 742. The van der Waals surface area contributed by atoms with Crippen molar-refractivity contribution < 1.29 is 14.7 Å². The number of benzene rings is 2. The van der Waals surface area contributed by atoms with Crippen LogP contribution in [0, 0.1) is 0 Å². The summed E-state index contributed by atoms with van der Waals surface area (Å²) in [6.07, 6.45) is 1.55. The Balaban J connectivity index is 2.39. The van der Waals surface area contributed by atoms with Crippen LogP contribution in [-0.4, -0.2) is 16.7 Å². The minimum Gasteiger partial charge on any atom is -0.507 e. The average Bonchev–Trinajstić information content (AvgIpc) is 2.43. The van der Waals surface area contributed by atoms with E-state index in [9.17, 15) is 14.7 Å². The van der Waals surface area contributed by atoms with Crippen molar-refractivity contribution in [2.45, 2.75) is 0 Å². The van der Waals surface area contributed by atoms with E-state index in [0.29, 0.717) is 16.7 Å². The number of aromatic hydroxyl groups is 1. The van der Waals surface area contributed by atoms with Crippen molar-refractivity contribution in [1.82, 2.24) is 0 Å². The summed E-state index contributed by atoms with van der Waals surface area (Å²) in [5.74, 6) is -0.743. The molecule has 3 rings (SSSR count). The van der Waals surface area contributed by atoms with E-state index in [4.69, 9.17) is 0 Å². The van der Waals surface area contributed by atoms with Crippen LogP contribution in [0.2, 0.25) is 0 Å². The molecule has 2 aromatic carbocycles. The van der Waals surface area contributed by atoms with Crippen LogP contribution in [0.1, 0.15) is 37.4 Å². The molecule has 3 nitrogen and oxygen atoms in total. The molecule has 0 aromatic heterocycles. The maximum absolute atomic E-state index is 12.5. The van der Waals surface area contributed by atoms with Gasteiger partial charge < -0.3 is 5.11 Å². The molecule has 0 saturated carbocycles. The molecule has 1 N–H and O–H groups in total. The van der Waals surface area contributed by atoms with E-state index in [1.54, 1.807) is 36.4 Å². The van der Waals surface area contributed by atoms with E-state index in [1.165, 1.54) is 6.07 Å². The van der Waals surface area contributed by atoms with Crippen LogP contribution in [-0.2, 0) is 0 Å². The van der Waals surface area contributed by atoms with Gasteiger partial charge in [-0.15, -0.1) is 0 Å². The average molecular weight is 250 g/mol. The molecular weight excluding hydrogens is 240 g/mol. The molecule has 0 saturated heterocycles. The van der Waals surface area contributed by atoms with Crippen molar-refractivity contribution in [2.75, 3.05) is 0 Å². The van der Waals surface area contributed by atoms with Crippen molar-refractivity contribution in [3.63, 3.8) is 0 Å². The van der Waals surface area contributed by atoms with Gasteiger partial charge in [0, 0.05) is 16.7 Å². The standard InChI is InChI=1S/C16H10O3/c1-2-9-5-3-6-10-13(9)15(18)11-7-4-8-12(17)14(11)16(10)19/h2-8,17H,1H2. The van der Waals surface area contributed by atoms with Gasteiger partial charge in [0.25, 0.3) is 0 Å². The minimum absolute atomic E-state index is 0.0845. The van der Waals surface area contributed by atoms with Crippen LogP contribution in [0.4, 0.5) is 0 Å². The van der Waals surface area contributed by atoms with Crippen molar-refractivity contribution in [1.29, 1.82) is 0 Å². The summed E-state index contributed by atoms with van der Waals surface area (Å²) < 4.78 is 0. The van der Waals surface area contributed by atoms with E-state index >= 15 is 0 Å². The predicted molar refractivity (Wildman–Crippen MR) is 71.5 cm³/mol. The number of hydrogen-bond acceptors (Lipinski definition) is 3. The summed E-state index contributed by atoms with van der Waals surface area (Å²) in [6.45, 7) is 3.66. The molecule has 3 heteroatoms. The molecule has 0 atom stereocenters. The topological polar surface area (TPSA) is 54.4 Å². The zero-order valence-corrected chi connectivity index (χ0v) is 10.0. The fraction of sp³-hybridized carbons (Fsp3) is 0. The van der Waals surface area contributed by atoms with E-state index < -0.39 is 0 Å². The number of phenols is 1. The molecular formula is C16H10O3. The van der Waals surface area contributed by atoms with Gasteiger partial charge in [-0.2, -0.15) is 0 Å². The summed E-state index contributed by atoms with van der Waals surface area (Å²) in [5.41, 5.74) is 1.63. The molecule has 0 aliphatic heterocycles. The maximum Gasteiger partial charge on any atom is 0.198 e. The molecule has 1 aliphatic rings. The Morgan fingerprint density at radius 1 is 0.895 bits per heavy atom. The van der Waals surface area contributed by atoms with Crippen LogP contribution < -0.4 is 0 Å². The second-order valence-corrected chi connectivity index (χ2v) is 4.33. The van der Waals surface area contributed by atoms with E-state index in [2.05, 4.69) is 6.58 Å². The fourth-order valence-corrected chi connectivity index (χ4v) is 2.42. The zero-order chi connectivity index (χ0) is 13.6. The van der Waals surface area contributed by atoms with Crippen molar-refractivity contribution in [3.05, 3.63) is 70.8 Å². The van der Waals surface area contributed by atoms with Gasteiger partial charge in [0.05, 0.1) is 5.56 Å². The second kappa shape index (κ2) is 3.92. The number of ketones is 2. The van der Waals surface area contributed by atoms with Crippen molar-refractivity contribution in [3.8, 4) is 5.75 Å². The van der Waals surface area contributed by atoms with Gasteiger partial charge >= 0.3 is 0 Å². The van der Waals surface area contributed by atoms with E-state index in [1.807, 2.05) is 0 Å². The lowest BCUT2D eigenvalue weighted by Gasteiger charge is -2.19. The molecule has 0 spiro atoms. The Labute approximate surface area is 109 Å². The number of carbonyl (C=O) groups excluding carboxylic acids is 2. The highest BCUT2D eigenvalue weighted by atomic mass is 16.3. The highest BCUT2D eigenvalue weighted by molar-refractivity contribution is 6.30. The highest BCUT2D eigenvalue weighted by Gasteiger charge is 2.32. The van der Waals surface area contributed by atoms with E-state index in [0.717, 1.165) is 0 Å². The molecule has 19 heavy (non-hydrogen) atoms. The first-order valence-corrected chi connectivity index (χ1v) is 5.82. The molecule has 2 aromatic rings. The van der Waals surface area contributed by atoms with Crippen LogP contribution in [0.15, 0.2) is 43.0 Å². The van der Waals surface area contributed by atoms with Crippen LogP contribution in [0.5, 0.6) is 5.75 Å². The maximum atomic E-state index is 12.5. The Hall–Kier alpha value is -2.68.